The van der Waals surface area contributed by atoms with Crippen molar-refractivity contribution >= 4 is 17.5 Å². The number of imidazole rings is 1. The van der Waals surface area contributed by atoms with E-state index in [2.05, 4.69) is 15.6 Å². The third kappa shape index (κ3) is 6.72. The predicted molar refractivity (Wildman–Crippen MR) is 74.9 cm³/mol. The monoisotopic (exact) mass is 297 g/mol. The van der Waals surface area contributed by atoms with Crippen LogP contribution in [-0.4, -0.2) is 52.2 Å². The van der Waals surface area contributed by atoms with Gasteiger partial charge in [-0.25, -0.2) is 4.57 Å². The third-order valence-electron chi connectivity index (χ3n) is 2.61. The maximum absolute atomic E-state index is 11.7. The van der Waals surface area contributed by atoms with Gasteiger partial charge in [-0.05, 0) is 31.4 Å². The molecule has 0 aliphatic rings. The minimum atomic E-state index is -0.624. The Morgan fingerprint density at radius 1 is 1.33 bits per heavy atom. The molecule has 0 amide bonds. The second-order valence-corrected chi connectivity index (χ2v) is 4.56. The number of nitrogens with zero attached hydrogens (tertiary/aromatic N) is 3. The molecule has 0 radical (unpaired) electrons. The van der Waals surface area contributed by atoms with Crippen LogP contribution in [-0.2, 0) is 16.1 Å². The van der Waals surface area contributed by atoms with E-state index in [1.165, 1.54) is 23.9 Å². The minimum absolute atomic E-state index is 0.0775. The fourth-order valence-electron chi connectivity index (χ4n) is 1.67. The molecular formula is C12H19N5O4. The van der Waals surface area contributed by atoms with Crippen molar-refractivity contribution in [2.75, 3.05) is 26.2 Å². The molecule has 1 heterocycles. The second kappa shape index (κ2) is 8.93. The van der Waals surface area contributed by atoms with Crippen LogP contribution in [0.1, 0.15) is 13.3 Å². The Balaban J connectivity index is 2.15. The van der Waals surface area contributed by atoms with Crippen molar-refractivity contribution < 1.29 is 14.5 Å². The molecule has 0 spiro atoms. The average Bonchev–Trinajstić information content (AvgIpc) is 2.85. The SMILES string of the molecule is CC(=O)CNCCCNCC(=O)Cn1ccnc1[N+](=O)[O-]. The van der Waals surface area contributed by atoms with Crippen LogP contribution in [0.3, 0.4) is 0 Å². The number of carbonyl (C=O) groups is 2. The van der Waals surface area contributed by atoms with E-state index < -0.39 is 4.92 Å². The first kappa shape index (κ1) is 16.9. The summed E-state index contributed by atoms with van der Waals surface area (Å²) in [5.41, 5.74) is 0. The van der Waals surface area contributed by atoms with Crippen molar-refractivity contribution in [1.29, 1.82) is 0 Å². The smallest absolute Gasteiger partial charge is 0.390 e. The Hall–Kier alpha value is -2.13. The van der Waals surface area contributed by atoms with E-state index in [9.17, 15) is 19.7 Å². The van der Waals surface area contributed by atoms with Crippen molar-refractivity contribution in [3.8, 4) is 0 Å². The molecule has 0 bridgehead atoms. The van der Waals surface area contributed by atoms with Gasteiger partial charge in [0.2, 0.25) is 0 Å². The lowest BCUT2D eigenvalue weighted by Gasteiger charge is -2.05. The van der Waals surface area contributed by atoms with Gasteiger partial charge in [0.1, 0.15) is 24.7 Å². The van der Waals surface area contributed by atoms with Crippen LogP contribution in [0.15, 0.2) is 12.4 Å². The molecule has 21 heavy (non-hydrogen) atoms. The zero-order valence-electron chi connectivity index (χ0n) is 11.9. The van der Waals surface area contributed by atoms with Gasteiger partial charge in [-0.2, -0.15) is 0 Å². The summed E-state index contributed by atoms with van der Waals surface area (Å²) in [4.78, 5) is 35.9. The Morgan fingerprint density at radius 3 is 2.62 bits per heavy atom. The fraction of sp³-hybridized carbons (Fsp3) is 0.583. The number of aromatic nitrogens is 2. The lowest BCUT2D eigenvalue weighted by molar-refractivity contribution is -0.396. The van der Waals surface area contributed by atoms with Crippen LogP contribution in [0, 0.1) is 10.1 Å². The van der Waals surface area contributed by atoms with E-state index in [1.807, 2.05) is 0 Å². The van der Waals surface area contributed by atoms with E-state index in [0.29, 0.717) is 19.6 Å². The summed E-state index contributed by atoms with van der Waals surface area (Å²) in [6, 6.07) is 0. The van der Waals surface area contributed by atoms with E-state index in [0.717, 1.165) is 6.42 Å². The number of nitrogens with one attached hydrogen (secondary N) is 2. The molecule has 1 aromatic heterocycles. The zero-order valence-corrected chi connectivity index (χ0v) is 11.9. The topological polar surface area (TPSA) is 119 Å². The van der Waals surface area contributed by atoms with E-state index in [-0.39, 0.29) is 30.6 Å². The van der Waals surface area contributed by atoms with Gasteiger partial charge in [0.15, 0.2) is 5.78 Å². The summed E-state index contributed by atoms with van der Waals surface area (Å²) in [6.45, 7) is 3.24. The number of hydrogen-bond donors (Lipinski definition) is 2. The van der Waals surface area contributed by atoms with Crippen LogP contribution in [0.5, 0.6) is 0 Å². The van der Waals surface area contributed by atoms with Gasteiger partial charge < -0.3 is 20.7 Å². The maximum atomic E-state index is 11.7. The quantitative estimate of drug-likeness (QED) is 0.321. The lowest BCUT2D eigenvalue weighted by atomic mass is 10.3. The van der Waals surface area contributed by atoms with Crippen LogP contribution in [0.25, 0.3) is 0 Å². The summed E-state index contributed by atoms with van der Waals surface area (Å²) >= 11 is 0. The molecule has 1 aromatic rings. The molecule has 0 aliphatic carbocycles. The number of ketones is 2. The Labute approximate surface area is 121 Å². The van der Waals surface area contributed by atoms with Crippen molar-refractivity contribution in [2.24, 2.45) is 0 Å². The highest BCUT2D eigenvalue weighted by Crippen LogP contribution is 2.06. The maximum Gasteiger partial charge on any atom is 0.434 e. The summed E-state index contributed by atoms with van der Waals surface area (Å²) in [5, 5.41) is 16.6. The molecule has 2 N–H and O–H groups in total. The van der Waals surface area contributed by atoms with Crippen molar-refractivity contribution in [1.82, 2.24) is 20.2 Å². The molecule has 0 fully saturated rings. The fourth-order valence-corrected chi connectivity index (χ4v) is 1.67. The first-order valence-corrected chi connectivity index (χ1v) is 6.59. The molecule has 0 saturated carbocycles. The largest absolute Gasteiger partial charge is 0.434 e. The summed E-state index contributed by atoms with van der Waals surface area (Å²) < 4.78 is 1.21. The van der Waals surface area contributed by atoms with Crippen molar-refractivity contribution in [2.45, 2.75) is 19.9 Å². The van der Waals surface area contributed by atoms with Gasteiger partial charge in [-0.15, -0.1) is 0 Å². The Kier molecular flexibility index (Phi) is 7.19. The number of nitro groups is 1. The van der Waals surface area contributed by atoms with Gasteiger partial charge in [0, 0.05) is 0 Å². The lowest BCUT2D eigenvalue weighted by Crippen LogP contribution is -2.29. The van der Waals surface area contributed by atoms with Gasteiger partial charge in [0.25, 0.3) is 0 Å². The summed E-state index contributed by atoms with van der Waals surface area (Å²) in [5.74, 6) is -0.412. The van der Waals surface area contributed by atoms with Crippen LogP contribution in [0.4, 0.5) is 5.95 Å². The number of carbonyl (C=O) groups excluding carboxylic acids is 2. The zero-order chi connectivity index (χ0) is 15.7. The molecular weight excluding hydrogens is 278 g/mol. The van der Waals surface area contributed by atoms with E-state index in [1.54, 1.807) is 0 Å². The van der Waals surface area contributed by atoms with Crippen LogP contribution < -0.4 is 10.6 Å². The molecule has 9 heteroatoms. The highest BCUT2D eigenvalue weighted by atomic mass is 16.6. The summed E-state index contributed by atoms with van der Waals surface area (Å²) in [7, 11) is 0. The number of Topliss-reactive ketones (excluding diaryl/α,β-unsaturated/α-hetero) is 2. The highest BCUT2D eigenvalue weighted by molar-refractivity contribution is 5.80. The molecule has 0 atom stereocenters. The van der Waals surface area contributed by atoms with Crippen LogP contribution >= 0.6 is 0 Å². The van der Waals surface area contributed by atoms with Gasteiger partial charge in [-0.1, -0.05) is 4.98 Å². The Bertz CT molecular complexity index is 500. The first-order valence-electron chi connectivity index (χ1n) is 6.59. The van der Waals surface area contributed by atoms with Crippen molar-refractivity contribution in [3.63, 3.8) is 0 Å². The van der Waals surface area contributed by atoms with Gasteiger partial charge in [-0.3, -0.25) is 9.59 Å². The molecule has 116 valence electrons. The minimum Gasteiger partial charge on any atom is -0.390 e. The van der Waals surface area contributed by atoms with Crippen molar-refractivity contribution in [3.05, 3.63) is 22.5 Å². The average molecular weight is 297 g/mol. The molecule has 0 aromatic carbocycles. The molecule has 0 aliphatic heterocycles. The van der Waals surface area contributed by atoms with E-state index >= 15 is 0 Å². The molecule has 0 unspecified atom stereocenters. The second-order valence-electron chi connectivity index (χ2n) is 4.56. The first-order chi connectivity index (χ1) is 10.0. The molecule has 0 saturated heterocycles. The van der Waals surface area contributed by atoms with Crippen LogP contribution in [0.2, 0.25) is 0 Å². The molecule has 1 rings (SSSR count). The standard InChI is InChI=1S/C12H19N5O4/c1-10(18)7-13-3-2-4-14-8-11(19)9-16-6-5-15-12(16)17(20)21/h5-6,13-14H,2-4,7-9H2,1H3. The van der Waals surface area contributed by atoms with E-state index in [4.69, 9.17) is 0 Å². The summed E-state index contributed by atoms with van der Waals surface area (Å²) in [6.07, 6.45) is 3.48. The number of hydrogen-bond acceptors (Lipinski definition) is 7. The third-order valence-corrected chi connectivity index (χ3v) is 2.61. The molecule has 9 nitrogen and oxygen atoms in total. The number of rotatable bonds is 11. The normalized spacial score (nSPS) is 10.5. The Morgan fingerprint density at radius 2 is 2.00 bits per heavy atom. The van der Waals surface area contributed by atoms with Gasteiger partial charge >= 0.3 is 5.95 Å². The van der Waals surface area contributed by atoms with Gasteiger partial charge in [0.05, 0.1) is 13.1 Å². The highest BCUT2D eigenvalue weighted by Gasteiger charge is 2.16. The predicted octanol–water partition coefficient (Wildman–Crippen LogP) is -0.481.